The molecule has 1 amide bonds. The second kappa shape index (κ2) is 5.89. The number of carbonyl (C=O) groups is 1. The first-order valence-electron chi connectivity index (χ1n) is 6.66. The Balaban J connectivity index is 1.75. The summed E-state index contributed by atoms with van der Waals surface area (Å²) in [5.74, 6) is 1.25. The van der Waals surface area contributed by atoms with Gasteiger partial charge in [0.2, 0.25) is 5.91 Å². The summed E-state index contributed by atoms with van der Waals surface area (Å²) < 4.78 is 16.2. The van der Waals surface area contributed by atoms with Crippen LogP contribution in [0.5, 0.6) is 11.5 Å². The minimum Gasteiger partial charge on any atom is -0.486 e. The standard InChI is InChI=1S/C14H16ClNO4/c15-13(14(17)16-3-5-18-6-4-16)10-1-2-11-12(9-10)20-8-7-19-11/h1-2,9,13H,3-8H2. The lowest BCUT2D eigenvalue weighted by molar-refractivity contribution is -0.134. The van der Waals surface area contributed by atoms with Gasteiger partial charge in [0.15, 0.2) is 11.5 Å². The van der Waals surface area contributed by atoms with Crippen molar-refractivity contribution in [2.24, 2.45) is 0 Å². The van der Waals surface area contributed by atoms with Gasteiger partial charge in [-0.15, -0.1) is 11.6 Å². The Hall–Kier alpha value is -1.46. The summed E-state index contributed by atoms with van der Waals surface area (Å²) in [7, 11) is 0. The molecule has 2 aliphatic heterocycles. The topological polar surface area (TPSA) is 48.0 Å². The fourth-order valence-corrected chi connectivity index (χ4v) is 2.58. The monoisotopic (exact) mass is 297 g/mol. The van der Waals surface area contributed by atoms with E-state index in [1.807, 2.05) is 6.07 Å². The highest BCUT2D eigenvalue weighted by Crippen LogP contribution is 2.34. The molecule has 1 saturated heterocycles. The number of rotatable bonds is 2. The quantitative estimate of drug-likeness (QED) is 0.778. The second-order valence-electron chi connectivity index (χ2n) is 4.70. The van der Waals surface area contributed by atoms with Crippen LogP contribution in [0.4, 0.5) is 0 Å². The van der Waals surface area contributed by atoms with E-state index >= 15 is 0 Å². The number of ether oxygens (including phenoxy) is 3. The highest BCUT2D eigenvalue weighted by Gasteiger charge is 2.26. The number of nitrogens with zero attached hydrogens (tertiary/aromatic N) is 1. The molecule has 1 unspecified atom stereocenters. The molecule has 6 heteroatoms. The van der Waals surface area contributed by atoms with Gasteiger partial charge in [0, 0.05) is 13.1 Å². The summed E-state index contributed by atoms with van der Waals surface area (Å²) in [4.78, 5) is 14.1. The summed E-state index contributed by atoms with van der Waals surface area (Å²) in [5.41, 5.74) is 0.729. The average molecular weight is 298 g/mol. The number of carbonyl (C=O) groups excluding carboxylic acids is 1. The lowest BCUT2D eigenvalue weighted by Gasteiger charge is -2.29. The van der Waals surface area contributed by atoms with Crippen molar-refractivity contribution in [2.75, 3.05) is 39.5 Å². The summed E-state index contributed by atoms with van der Waals surface area (Å²) in [6.07, 6.45) is 0. The molecular formula is C14H16ClNO4. The van der Waals surface area contributed by atoms with Gasteiger partial charge < -0.3 is 19.1 Å². The summed E-state index contributed by atoms with van der Waals surface area (Å²) >= 11 is 6.30. The van der Waals surface area contributed by atoms with E-state index < -0.39 is 5.38 Å². The van der Waals surface area contributed by atoms with Gasteiger partial charge >= 0.3 is 0 Å². The maximum absolute atomic E-state index is 12.3. The van der Waals surface area contributed by atoms with Gasteiger partial charge in [0.25, 0.3) is 0 Å². The second-order valence-corrected chi connectivity index (χ2v) is 5.14. The zero-order valence-electron chi connectivity index (χ0n) is 11.0. The van der Waals surface area contributed by atoms with Gasteiger partial charge in [-0.05, 0) is 17.7 Å². The van der Waals surface area contributed by atoms with E-state index in [1.165, 1.54) is 0 Å². The third-order valence-corrected chi connectivity index (χ3v) is 3.84. The predicted octanol–water partition coefficient (Wildman–Crippen LogP) is 1.60. The summed E-state index contributed by atoms with van der Waals surface area (Å²) in [6.45, 7) is 3.37. The maximum Gasteiger partial charge on any atom is 0.245 e. The maximum atomic E-state index is 12.3. The molecule has 108 valence electrons. The Morgan fingerprint density at radius 2 is 1.80 bits per heavy atom. The van der Waals surface area contributed by atoms with Crippen LogP contribution in [0, 0.1) is 0 Å². The van der Waals surface area contributed by atoms with Crippen LogP contribution in [-0.4, -0.2) is 50.3 Å². The van der Waals surface area contributed by atoms with Gasteiger partial charge in [-0.2, -0.15) is 0 Å². The van der Waals surface area contributed by atoms with Crippen molar-refractivity contribution >= 4 is 17.5 Å². The zero-order valence-corrected chi connectivity index (χ0v) is 11.8. The van der Waals surface area contributed by atoms with E-state index in [1.54, 1.807) is 17.0 Å². The van der Waals surface area contributed by atoms with Gasteiger partial charge in [-0.25, -0.2) is 0 Å². The molecular weight excluding hydrogens is 282 g/mol. The van der Waals surface area contributed by atoms with Crippen molar-refractivity contribution in [1.82, 2.24) is 4.90 Å². The molecule has 0 spiro atoms. The van der Waals surface area contributed by atoms with E-state index in [0.29, 0.717) is 51.0 Å². The number of halogens is 1. The SMILES string of the molecule is O=C(C(Cl)c1ccc2c(c1)OCCO2)N1CCOCC1. The molecule has 3 rings (SSSR count). The van der Waals surface area contributed by atoms with Crippen molar-refractivity contribution < 1.29 is 19.0 Å². The Morgan fingerprint density at radius 3 is 2.55 bits per heavy atom. The number of benzene rings is 1. The van der Waals surface area contributed by atoms with Crippen molar-refractivity contribution in [1.29, 1.82) is 0 Å². The highest BCUT2D eigenvalue weighted by atomic mass is 35.5. The third-order valence-electron chi connectivity index (χ3n) is 3.40. The smallest absolute Gasteiger partial charge is 0.245 e. The number of hydrogen-bond acceptors (Lipinski definition) is 4. The number of alkyl halides is 1. The molecule has 5 nitrogen and oxygen atoms in total. The summed E-state index contributed by atoms with van der Waals surface area (Å²) in [5, 5.41) is -0.705. The predicted molar refractivity (Wildman–Crippen MR) is 73.4 cm³/mol. The van der Waals surface area contributed by atoms with Gasteiger partial charge in [-0.3, -0.25) is 4.79 Å². The Morgan fingerprint density at radius 1 is 1.10 bits per heavy atom. The molecule has 0 bridgehead atoms. The molecule has 0 saturated carbocycles. The van der Waals surface area contributed by atoms with Crippen molar-refractivity contribution in [2.45, 2.75) is 5.38 Å². The lowest BCUT2D eigenvalue weighted by atomic mass is 10.1. The molecule has 0 N–H and O–H groups in total. The number of fused-ring (bicyclic) bond motifs is 1. The first-order valence-corrected chi connectivity index (χ1v) is 7.09. The van der Waals surface area contributed by atoms with Crippen LogP contribution >= 0.6 is 11.6 Å². The number of amides is 1. The van der Waals surface area contributed by atoms with Crippen molar-refractivity contribution in [3.8, 4) is 11.5 Å². The zero-order chi connectivity index (χ0) is 13.9. The largest absolute Gasteiger partial charge is 0.486 e. The minimum absolute atomic E-state index is 0.0911. The van der Waals surface area contributed by atoms with Crippen molar-refractivity contribution in [3.05, 3.63) is 23.8 Å². The minimum atomic E-state index is -0.705. The molecule has 1 aromatic carbocycles. The van der Waals surface area contributed by atoms with E-state index in [0.717, 1.165) is 5.56 Å². The van der Waals surface area contributed by atoms with E-state index in [4.69, 9.17) is 25.8 Å². The van der Waals surface area contributed by atoms with Crippen molar-refractivity contribution in [3.63, 3.8) is 0 Å². The molecule has 1 aromatic rings. The molecule has 1 fully saturated rings. The van der Waals surface area contributed by atoms with Crippen LogP contribution in [0.1, 0.15) is 10.9 Å². The van der Waals surface area contributed by atoms with Gasteiger partial charge in [0.1, 0.15) is 18.6 Å². The first kappa shape index (κ1) is 13.5. The highest BCUT2D eigenvalue weighted by molar-refractivity contribution is 6.30. The van der Waals surface area contributed by atoms with Crippen LogP contribution in [0.15, 0.2) is 18.2 Å². The third kappa shape index (κ3) is 2.69. The van der Waals surface area contributed by atoms with Crippen LogP contribution in [0.25, 0.3) is 0 Å². The normalized spacial score (nSPS) is 19.6. The molecule has 0 radical (unpaired) electrons. The van der Waals surface area contributed by atoms with E-state index in [2.05, 4.69) is 0 Å². The lowest BCUT2D eigenvalue weighted by Crippen LogP contribution is -2.42. The molecule has 20 heavy (non-hydrogen) atoms. The van der Waals surface area contributed by atoms with Crippen LogP contribution in [0.2, 0.25) is 0 Å². The van der Waals surface area contributed by atoms with Crippen LogP contribution in [0.3, 0.4) is 0 Å². The Bertz CT molecular complexity index is 502. The Labute approximate surface area is 122 Å². The summed E-state index contributed by atoms with van der Waals surface area (Å²) in [6, 6.07) is 5.39. The Kier molecular flexibility index (Phi) is 3.98. The van der Waals surface area contributed by atoms with E-state index in [-0.39, 0.29) is 5.91 Å². The van der Waals surface area contributed by atoms with Gasteiger partial charge in [0.05, 0.1) is 13.2 Å². The number of morpholine rings is 1. The fraction of sp³-hybridized carbons (Fsp3) is 0.500. The van der Waals surface area contributed by atoms with E-state index in [9.17, 15) is 4.79 Å². The van der Waals surface area contributed by atoms with Crippen LogP contribution in [-0.2, 0) is 9.53 Å². The van der Waals surface area contributed by atoms with Gasteiger partial charge in [-0.1, -0.05) is 6.07 Å². The molecule has 0 aliphatic carbocycles. The molecule has 2 aliphatic rings. The first-order chi connectivity index (χ1) is 9.75. The molecule has 0 aromatic heterocycles. The van der Waals surface area contributed by atoms with Crippen LogP contribution < -0.4 is 9.47 Å². The number of hydrogen-bond donors (Lipinski definition) is 0. The average Bonchev–Trinajstić information content (AvgIpc) is 2.54. The molecule has 2 heterocycles. The molecule has 1 atom stereocenters. The fourth-order valence-electron chi connectivity index (χ4n) is 2.30.